The maximum atomic E-state index is 10.9. The molecule has 0 aromatic heterocycles. The van der Waals surface area contributed by atoms with Gasteiger partial charge in [0, 0.05) is 28.8 Å². The summed E-state index contributed by atoms with van der Waals surface area (Å²) in [6.45, 7) is 3.40. The van der Waals surface area contributed by atoms with E-state index in [1.807, 2.05) is 49.4 Å². The quantitative estimate of drug-likeness (QED) is 0.318. The molecule has 0 aliphatic rings. The van der Waals surface area contributed by atoms with Gasteiger partial charge in [-0.15, -0.1) is 0 Å². The van der Waals surface area contributed by atoms with Crippen LogP contribution in [0.3, 0.4) is 0 Å². The van der Waals surface area contributed by atoms with E-state index in [4.69, 9.17) is 9.47 Å². The number of hydrogen-bond acceptors (Lipinski definition) is 5. The summed E-state index contributed by atoms with van der Waals surface area (Å²) in [6.07, 6.45) is 0. The van der Waals surface area contributed by atoms with Gasteiger partial charge in [-0.05, 0) is 48.4 Å². The Labute approximate surface area is 177 Å². The van der Waals surface area contributed by atoms with Crippen molar-refractivity contribution in [1.82, 2.24) is 0 Å². The maximum absolute atomic E-state index is 10.9. The molecule has 3 rings (SSSR count). The summed E-state index contributed by atoms with van der Waals surface area (Å²) in [5, 5.41) is 14.1. The van der Waals surface area contributed by atoms with Crippen LogP contribution in [-0.2, 0) is 13.2 Å². The molecule has 0 saturated heterocycles. The lowest BCUT2D eigenvalue weighted by Crippen LogP contribution is -2.03. The van der Waals surface area contributed by atoms with Crippen LogP contribution in [0.5, 0.6) is 11.5 Å². The normalized spacial score (nSPS) is 10.4. The van der Waals surface area contributed by atoms with Crippen LogP contribution >= 0.6 is 15.9 Å². The van der Waals surface area contributed by atoms with Gasteiger partial charge < -0.3 is 14.8 Å². The Morgan fingerprint density at radius 3 is 2.45 bits per heavy atom. The molecule has 7 heteroatoms. The molecular formula is C22H21BrN2O4. The van der Waals surface area contributed by atoms with Crippen molar-refractivity contribution in [3.63, 3.8) is 0 Å². The van der Waals surface area contributed by atoms with Gasteiger partial charge in [-0.25, -0.2) is 0 Å². The van der Waals surface area contributed by atoms with Gasteiger partial charge in [0.2, 0.25) is 0 Å². The number of nitro groups is 1. The summed E-state index contributed by atoms with van der Waals surface area (Å²) in [6, 6.07) is 20.1. The number of anilines is 1. The first kappa shape index (κ1) is 20.7. The summed E-state index contributed by atoms with van der Waals surface area (Å²) in [5.41, 5.74) is 2.79. The van der Waals surface area contributed by atoms with E-state index in [-0.39, 0.29) is 5.69 Å². The molecule has 0 fully saturated rings. The topological polar surface area (TPSA) is 73.6 Å². The van der Waals surface area contributed by atoms with Crippen LogP contribution in [0.1, 0.15) is 18.1 Å². The SMILES string of the molecule is CCOc1cc(CNc2cccc([N+](=O)[O-])c2)ccc1OCc1ccc(Br)cc1. The third kappa shape index (κ3) is 5.96. The monoisotopic (exact) mass is 456 g/mol. The Morgan fingerprint density at radius 1 is 0.966 bits per heavy atom. The first-order chi connectivity index (χ1) is 14.0. The Kier molecular flexibility index (Phi) is 7.08. The maximum Gasteiger partial charge on any atom is 0.271 e. The molecule has 3 aromatic carbocycles. The number of nitro benzene ring substituents is 1. The minimum Gasteiger partial charge on any atom is -0.490 e. The molecular weight excluding hydrogens is 436 g/mol. The summed E-state index contributed by atoms with van der Waals surface area (Å²) in [4.78, 5) is 10.5. The van der Waals surface area contributed by atoms with Crippen LogP contribution in [0.4, 0.5) is 11.4 Å². The van der Waals surface area contributed by atoms with E-state index in [1.54, 1.807) is 12.1 Å². The van der Waals surface area contributed by atoms with Gasteiger partial charge in [-0.1, -0.05) is 40.2 Å². The van der Waals surface area contributed by atoms with Crippen LogP contribution in [0.15, 0.2) is 71.2 Å². The molecule has 0 atom stereocenters. The number of non-ortho nitro benzene ring substituents is 1. The van der Waals surface area contributed by atoms with Gasteiger partial charge in [0.1, 0.15) is 6.61 Å². The second-order valence-corrected chi connectivity index (χ2v) is 7.21. The predicted molar refractivity (Wildman–Crippen MR) is 117 cm³/mol. The van der Waals surface area contributed by atoms with E-state index < -0.39 is 4.92 Å². The molecule has 6 nitrogen and oxygen atoms in total. The molecule has 0 spiro atoms. The van der Waals surface area contributed by atoms with E-state index in [1.165, 1.54) is 12.1 Å². The minimum atomic E-state index is -0.407. The number of nitrogens with zero attached hydrogens (tertiary/aromatic N) is 1. The van der Waals surface area contributed by atoms with Crippen LogP contribution in [0, 0.1) is 10.1 Å². The highest BCUT2D eigenvalue weighted by Gasteiger charge is 2.09. The van der Waals surface area contributed by atoms with Crippen LogP contribution < -0.4 is 14.8 Å². The molecule has 150 valence electrons. The molecule has 0 bridgehead atoms. The van der Waals surface area contributed by atoms with Gasteiger partial charge in [-0.3, -0.25) is 10.1 Å². The van der Waals surface area contributed by atoms with Crippen molar-refractivity contribution in [3.05, 3.63) is 92.4 Å². The standard InChI is InChI=1S/C22H21BrN2O4/c1-2-28-22-12-17(14-24-19-4-3-5-20(13-19)25(26)27)8-11-21(22)29-15-16-6-9-18(23)10-7-16/h3-13,24H,2,14-15H2,1H3. The minimum absolute atomic E-state index is 0.0571. The average Bonchev–Trinajstić information content (AvgIpc) is 2.73. The second kappa shape index (κ2) is 9.93. The highest BCUT2D eigenvalue weighted by Crippen LogP contribution is 2.30. The fourth-order valence-electron chi connectivity index (χ4n) is 2.73. The molecule has 1 N–H and O–H groups in total. The van der Waals surface area contributed by atoms with Gasteiger partial charge in [0.25, 0.3) is 5.69 Å². The zero-order valence-electron chi connectivity index (χ0n) is 15.9. The van der Waals surface area contributed by atoms with Crippen molar-refractivity contribution in [2.45, 2.75) is 20.1 Å². The van der Waals surface area contributed by atoms with Crippen molar-refractivity contribution >= 4 is 27.3 Å². The summed E-state index contributed by atoms with van der Waals surface area (Å²) in [5.74, 6) is 1.34. The third-order valence-electron chi connectivity index (χ3n) is 4.17. The van der Waals surface area contributed by atoms with Crippen molar-refractivity contribution in [2.24, 2.45) is 0 Å². The number of nitrogens with one attached hydrogen (secondary N) is 1. The Balaban J connectivity index is 1.67. The predicted octanol–water partition coefficient (Wildman–Crippen LogP) is 5.95. The van der Waals surface area contributed by atoms with Crippen LogP contribution in [-0.4, -0.2) is 11.5 Å². The smallest absolute Gasteiger partial charge is 0.271 e. The van der Waals surface area contributed by atoms with Gasteiger partial charge in [-0.2, -0.15) is 0 Å². The molecule has 3 aromatic rings. The highest BCUT2D eigenvalue weighted by atomic mass is 79.9. The number of benzene rings is 3. The van der Waals surface area contributed by atoms with Crippen LogP contribution in [0.25, 0.3) is 0 Å². The molecule has 29 heavy (non-hydrogen) atoms. The Hall–Kier alpha value is -3.06. The lowest BCUT2D eigenvalue weighted by atomic mass is 10.2. The van der Waals surface area contributed by atoms with Crippen LogP contribution in [0.2, 0.25) is 0 Å². The van der Waals surface area contributed by atoms with Crippen molar-refractivity contribution < 1.29 is 14.4 Å². The Bertz CT molecular complexity index is 977. The van der Waals surface area contributed by atoms with E-state index in [0.717, 1.165) is 15.6 Å². The summed E-state index contributed by atoms with van der Waals surface area (Å²) < 4.78 is 12.7. The van der Waals surface area contributed by atoms with E-state index >= 15 is 0 Å². The highest BCUT2D eigenvalue weighted by molar-refractivity contribution is 9.10. The lowest BCUT2D eigenvalue weighted by Gasteiger charge is -2.14. The fourth-order valence-corrected chi connectivity index (χ4v) is 2.99. The third-order valence-corrected chi connectivity index (χ3v) is 4.70. The second-order valence-electron chi connectivity index (χ2n) is 6.29. The average molecular weight is 457 g/mol. The van der Waals surface area contributed by atoms with Gasteiger partial charge >= 0.3 is 0 Å². The summed E-state index contributed by atoms with van der Waals surface area (Å²) >= 11 is 3.42. The molecule has 0 aliphatic carbocycles. The van der Waals surface area contributed by atoms with Crippen molar-refractivity contribution in [1.29, 1.82) is 0 Å². The number of hydrogen-bond donors (Lipinski definition) is 1. The largest absolute Gasteiger partial charge is 0.490 e. The van der Waals surface area contributed by atoms with Gasteiger partial charge in [0.15, 0.2) is 11.5 Å². The Morgan fingerprint density at radius 2 is 1.72 bits per heavy atom. The lowest BCUT2D eigenvalue weighted by molar-refractivity contribution is -0.384. The molecule has 0 aliphatic heterocycles. The van der Waals surface area contributed by atoms with Crippen molar-refractivity contribution in [3.8, 4) is 11.5 Å². The van der Waals surface area contributed by atoms with E-state index in [0.29, 0.717) is 36.9 Å². The molecule has 0 saturated carbocycles. The summed E-state index contributed by atoms with van der Waals surface area (Å²) in [7, 11) is 0. The first-order valence-electron chi connectivity index (χ1n) is 9.16. The number of halogens is 1. The first-order valence-corrected chi connectivity index (χ1v) is 9.95. The molecule has 0 radical (unpaired) electrons. The van der Waals surface area contributed by atoms with E-state index in [2.05, 4.69) is 21.2 Å². The fraction of sp³-hybridized carbons (Fsp3) is 0.182. The van der Waals surface area contributed by atoms with Crippen molar-refractivity contribution in [2.75, 3.05) is 11.9 Å². The zero-order chi connectivity index (χ0) is 20.6. The molecule has 0 unspecified atom stereocenters. The molecule has 0 heterocycles. The van der Waals surface area contributed by atoms with E-state index in [9.17, 15) is 10.1 Å². The number of rotatable bonds is 9. The zero-order valence-corrected chi connectivity index (χ0v) is 17.5. The number of ether oxygens (including phenoxy) is 2. The van der Waals surface area contributed by atoms with Gasteiger partial charge in [0.05, 0.1) is 11.5 Å². The molecule has 0 amide bonds.